The van der Waals surface area contributed by atoms with Crippen molar-refractivity contribution in [1.82, 2.24) is 10.2 Å². The van der Waals surface area contributed by atoms with Gasteiger partial charge in [0.1, 0.15) is 0 Å². The van der Waals surface area contributed by atoms with Gasteiger partial charge in [-0.25, -0.2) is 0 Å². The first-order chi connectivity index (χ1) is 8.65. The molecule has 0 spiro atoms. The topological polar surface area (TPSA) is 84.3 Å². The van der Waals surface area contributed by atoms with Gasteiger partial charge in [-0.15, -0.1) is 10.2 Å². The van der Waals surface area contributed by atoms with Crippen molar-refractivity contribution in [2.24, 2.45) is 0 Å². The molecular weight excluding hydrogens is 274 g/mol. The molecule has 0 amide bonds. The monoisotopic (exact) mass is 291 g/mol. The summed E-state index contributed by atoms with van der Waals surface area (Å²) in [5, 5.41) is 20.4. The first-order valence-electron chi connectivity index (χ1n) is 5.59. The van der Waals surface area contributed by atoms with Crippen molar-refractivity contribution in [3.63, 3.8) is 0 Å². The maximum absolute atomic E-state index is 10.4. The third-order valence-electron chi connectivity index (χ3n) is 2.06. The first kappa shape index (κ1) is 15.2. The second kappa shape index (κ2) is 8.28. The van der Waals surface area contributed by atoms with Crippen molar-refractivity contribution < 1.29 is 14.6 Å². The normalized spacial score (nSPS) is 12.3. The number of ether oxygens (including phenoxy) is 1. The number of carbonyl (C=O) groups is 1. The number of aromatic nitrogens is 2. The lowest BCUT2D eigenvalue weighted by atomic mass is 10.2. The van der Waals surface area contributed by atoms with Gasteiger partial charge in [-0.3, -0.25) is 4.79 Å². The van der Waals surface area contributed by atoms with Gasteiger partial charge in [-0.05, 0) is 6.42 Å². The third kappa shape index (κ3) is 5.65. The molecule has 0 bridgehead atoms. The van der Waals surface area contributed by atoms with E-state index in [1.54, 1.807) is 7.11 Å². The number of hydrogen-bond donors (Lipinski definition) is 2. The number of rotatable bonds is 9. The first-order valence-corrected chi connectivity index (χ1v) is 7.39. The van der Waals surface area contributed by atoms with Crippen molar-refractivity contribution >= 4 is 34.2 Å². The Morgan fingerprint density at radius 1 is 1.61 bits per heavy atom. The van der Waals surface area contributed by atoms with E-state index < -0.39 is 5.97 Å². The summed E-state index contributed by atoms with van der Waals surface area (Å²) >= 11 is 2.54. The number of anilines is 1. The van der Waals surface area contributed by atoms with Crippen LogP contribution in [-0.2, 0) is 9.53 Å². The van der Waals surface area contributed by atoms with Crippen LogP contribution in [0.1, 0.15) is 19.8 Å². The fraction of sp³-hybridized carbons (Fsp3) is 0.700. The molecule has 8 heteroatoms. The molecule has 0 aromatic carbocycles. The van der Waals surface area contributed by atoms with Gasteiger partial charge in [0.2, 0.25) is 5.13 Å². The van der Waals surface area contributed by atoms with Crippen molar-refractivity contribution in [3.05, 3.63) is 0 Å². The van der Waals surface area contributed by atoms with E-state index in [0.29, 0.717) is 16.1 Å². The number of carboxylic acid groups (broad SMARTS) is 1. The standard InChI is InChI=1S/C10H17N3O3S2/c1-3-4-7(5-16-2)11-9-12-13-10(18-9)17-6-8(14)15/h7H,3-6H2,1-2H3,(H,11,12)(H,14,15). The van der Waals surface area contributed by atoms with Crippen LogP contribution >= 0.6 is 23.1 Å². The highest BCUT2D eigenvalue weighted by atomic mass is 32.2. The SMILES string of the molecule is CCCC(COC)Nc1nnc(SCC(=O)O)s1. The van der Waals surface area contributed by atoms with Crippen LogP contribution in [0.25, 0.3) is 0 Å². The van der Waals surface area contributed by atoms with Crippen LogP contribution in [0.5, 0.6) is 0 Å². The number of hydrogen-bond acceptors (Lipinski definition) is 7. The van der Waals surface area contributed by atoms with Crippen LogP contribution in [0.2, 0.25) is 0 Å². The zero-order valence-electron chi connectivity index (χ0n) is 10.4. The van der Waals surface area contributed by atoms with Crippen molar-refractivity contribution in [2.45, 2.75) is 30.1 Å². The highest BCUT2D eigenvalue weighted by Crippen LogP contribution is 2.26. The van der Waals surface area contributed by atoms with Crippen molar-refractivity contribution in [3.8, 4) is 0 Å². The second-order valence-corrected chi connectivity index (χ2v) is 5.84. The van der Waals surface area contributed by atoms with Gasteiger partial charge in [-0.2, -0.15) is 0 Å². The summed E-state index contributed by atoms with van der Waals surface area (Å²) in [6.07, 6.45) is 2.05. The number of nitrogens with one attached hydrogen (secondary N) is 1. The number of nitrogens with zero attached hydrogens (tertiary/aromatic N) is 2. The van der Waals surface area contributed by atoms with E-state index in [2.05, 4.69) is 22.4 Å². The quantitative estimate of drug-likeness (QED) is 0.672. The highest BCUT2D eigenvalue weighted by molar-refractivity contribution is 8.01. The van der Waals surface area contributed by atoms with Crippen LogP contribution in [0.4, 0.5) is 5.13 Å². The number of methoxy groups -OCH3 is 1. The maximum atomic E-state index is 10.4. The fourth-order valence-corrected chi connectivity index (χ4v) is 2.92. The van der Waals surface area contributed by atoms with Crippen LogP contribution in [0.3, 0.4) is 0 Å². The molecule has 0 aliphatic carbocycles. The highest BCUT2D eigenvalue weighted by Gasteiger charge is 2.11. The lowest BCUT2D eigenvalue weighted by Crippen LogP contribution is -2.24. The van der Waals surface area contributed by atoms with Crippen LogP contribution in [0.15, 0.2) is 4.34 Å². The van der Waals surface area contributed by atoms with E-state index in [-0.39, 0.29) is 11.8 Å². The lowest BCUT2D eigenvalue weighted by Gasteiger charge is -2.15. The van der Waals surface area contributed by atoms with E-state index >= 15 is 0 Å². The zero-order valence-corrected chi connectivity index (χ0v) is 12.0. The summed E-state index contributed by atoms with van der Waals surface area (Å²) in [4.78, 5) is 10.4. The molecule has 6 nitrogen and oxygen atoms in total. The van der Waals surface area contributed by atoms with Crippen molar-refractivity contribution in [2.75, 3.05) is 24.8 Å². The molecule has 1 aromatic rings. The van der Waals surface area contributed by atoms with Gasteiger partial charge >= 0.3 is 5.97 Å². The minimum Gasteiger partial charge on any atom is -0.481 e. The number of aliphatic carboxylic acids is 1. The molecule has 18 heavy (non-hydrogen) atoms. The Bertz CT molecular complexity index is 367. The molecule has 0 saturated carbocycles. The van der Waals surface area contributed by atoms with Gasteiger partial charge in [0, 0.05) is 7.11 Å². The Balaban J connectivity index is 2.48. The van der Waals surface area contributed by atoms with Gasteiger partial charge in [0.15, 0.2) is 4.34 Å². The Labute approximate surface area is 114 Å². The molecule has 1 aromatic heterocycles. The summed E-state index contributed by atoms with van der Waals surface area (Å²) in [6, 6.07) is 0.213. The zero-order chi connectivity index (χ0) is 13.4. The molecule has 0 saturated heterocycles. The van der Waals surface area contributed by atoms with Crippen molar-refractivity contribution in [1.29, 1.82) is 0 Å². The van der Waals surface area contributed by atoms with Gasteiger partial charge in [-0.1, -0.05) is 36.4 Å². The smallest absolute Gasteiger partial charge is 0.313 e. The minimum atomic E-state index is -0.854. The summed E-state index contributed by atoms with van der Waals surface area (Å²) in [5.74, 6) is -0.849. The van der Waals surface area contributed by atoms with E-state index in [1.807, 2.05) is 0 Å². The van der Waals surface area contributed by atoms with Crippen LogP contribution in [0, 0.1) is 0 Å². The second-order valence-electron chi connectivity index (χ2n) is 3.64. The van der Waals surface area contributed by atoms with E-state index in [4.69, 9.17) is 9.84 Å². The summed E-state index contributed by atoms with van der Waals surface area (Å²) < 4.78 is 5.79. The number of thioether (sulfide) groups is 1. The van der Waals surface area contributed by atoms with Gasteiger partial charge in [0.05, 0.1) is 18.4 Å². The molecule has 0 radical (unpaired) electrons. The predicted molar refractivity (Wildman–Crippen MR) is 72.5 cm³/mol. The molecule has 1 heterocycles. The molecule has 0 aliphatic rings. The third-order valence-corrected chi connectivity index (χ3v) is 4.03. The maximum Gasteiger partial charge on any atom is 0.313 e. The molecule has 1 unspecified atom stereocenters. The van der Waals surface area contributed by atoms with Gasteiger partial charge < -0.3 is 15.2 Å². The largest absolute Gasteiger partial charge is 0.481 e. The van der Waals surface area contributed by atoms with Crippen LogP contribution < -0.4 is 5.32 Å². The average molecular weight is 291 g/mol. The number of carboxylic acids is 1. The molecule has 1 atom stereocenters. The molecule has 0 aliphatic heterocycles. The lowest BCUT2D eigenvalue weighted by molar-refractivity contribution is -0.133. The molecule has 2 N–H and O–H groups in total. The van der Waals surface area contributed by atoms with E-state index in [0.717, 1.165) is 12.8 Å². The molecular formula is C10H17N3O3S2. The molecule has 0 fully saturated rings. The Kier molecular flexibility index (Phi) is 6.99. The Morgan fingerprint density at radius 2 is 2.39 bits per heavy atom. The fourth-order valence-electron chi connectivity index (χ4n) is 1.37. The summed E-state index contributed by atoms with van der Waals surface area (Å²) in [5.41, 5.74) is 0. The Hall–Kier alpha value is -0.860. The van der Waals surface area contributed by atoms with Crippen LogP contribution in [-0.4, -0.2) is 46.8 Å². The average Bonchev–Trinajstić information content (AvgIpc) is 2.75. The van der Waals surface area contributed by atoms with E-state index in [1.165, 1.54) is 23.1 Å². The van der Waals surface area contributed by atoms with Gasteiger partial charge in [0.25, 0.3) is 0 Å². The summed E-state index contributed by atoms with van der Waals surface area (Å²) in [7, 11) is 1.67. The molecule has 1 rings (SSSR count). The Morgan fingerprint density at radius 3 is 3.00 bits per heavy atom. The minimum absolute atomic E-state index is 0.00505. The van der Waals surface area contributed by atoms with E-state index in [9.17, 15) is 4.79 Å². The predicted octanol–water partition coefficient (Wildman–Crippen LogP) is 1.94. The molecule has 102 valence electrons. The summed E-state index contributed by atoms with van der Waals surface area (Å²) in [6.45, 7) is 2.73.